The standard InChI is InChI=1S/C31H45FN10O11P2S2/c1-2-3-4-5-6-7-8-9-10-21(43)51-17-11-20(41-15-38-24-28(41)39-31(34)40-29(24)44)50-18(17)12-49-55(47,57)53-25-19(13-48-54(45,46)56)52-30(22(25)32)42-16-37-23-26(33)35-14-36-27(23)42/h14-20,22,25,30H,2-13H2,1H3,(H,47,57)(H2,33,35,36)(H2,45,46,56)(H3,34,39,40,44)/t17-,18+,19?,20+,22+,25+,30+,55?/m0/s1. The fraction of sp³-hybridized carbons (Fsp3) is 0.645. The summed E-state index contributed by atoms with van der Waals surface area (Å²) in [4.78, 5) is 67.7. The molecule has 2 aliphatic rings. The molecule has 57 heavy (non-hydrogen) atoms. The van der Waals surface area contributed by atoms with Crippen molar-refractivity contribution >= 4 is 77.6 Å². The summed E-state index contributed by atoms with van der Waals surface area (Å²) in [6, 6.07) is 0. The van der Waals surface area contributed by atoms with Crippen molar-refractivity contribution in [1.29, 1.82) is 0 Å². The zero-order valence-corrected chi connectivity index (χ0v) is 34.2. The smallest absolute Gasteiger partial charge is 0.386 e. The average molecular weight is 879 g/mol. The van der Waals surface area contributed by atoms with Gasteiger partial charge in [-0.25, -0.2) is 28.9 Å². The van der Waals surface area contributed by atoms with Crippen molar-refractivity contribution in [2.45, 2.75) is 114 Å². The quantitative estimate of drug-likeness (QED) is 0.0319. The number of fused-ring (bicyclic) bond motifs is 2. The van der Waals surface area contributed by atoms with Crippen molar-refractivity contribution in [3.05, 3.63) is 29.3 Å². The van der Waals surface area contributed by atoms with Gasteiger partial charge in [0.1, 0.15) is 42.5 Å². The van der Waals surface area contributed by atoms with Gasteiger partial charge >= 0.3 is 19.5 Å². The predicted octanol–water partition coefficient (Wildman–Crippen LogP) is 3.75. The van der Waals surface area contributed by atoms with Gasteiger partial charge in [0.05, 0.1) is 25.9 Å². The highest BCUT2D eigenvalue weighted by molar-refractivity contribution is 8.44. The maximum absolute atomic E-state index is 16.3. The first-order valence-corrected chi connectivity index (χ1v) is 23.6. The molecular formula is C31H45FN10O11P2S2. The zero-order valence-electron chi connectivity index (χ0n) is 30.7. The van der Waals surface area contributed by atoms with E-state index in [1.54, 1.807) is 0 Å². The highest BCUT2D eigenvalue weighted by atomic mass is 32.7. The molecule has 4 aromatic rings. The van der Waals surface area contributed by atoms with Crippen molar-refractivity contribution in [2.24, 2.45) is 0 Å². The van der Waals surface area contributed by atoms with Gasteiger partial charge in [0.15, 0.2) is 35.0 Å². The number of anilines is 2. The molecule has 6 rings (SSSR count). The first-order chi connectivity index (χ1) is 27.1. The van der Waals surface area contributed by atoms with Crippen LogP contribution in [0.2, 0.25) is 0 Å². The highest BCUT2D eigenvalue weighted by Gasteiger charge is 2.51. The van der Waals surface area contributed by atoms with Crippen LogP contribution in [-0.4, -0.2) is 98.6 Å². The fourth-order valence-corrected chi connectivity index (χ4v) is 8.69. The minimum absolute atomic E-state index is 0.00202. The van der Waals surface area contributed by atoms with Crippen LogP contribution in [0.15, 0.2) is 23.8 Å². The van der Waals surface area contributed by atoms with Crippen molar-refractivity contribution in [1.82, 2.24) is 39.0 Å². The summed E-state index contributed by atoms with van der Waals surface area (Å²) in [6.07, 6.45) is 2.50. The summed E-state index contributed by atoms with van der Waals surface area (Å²) in [5, 5.41) is 0. The fourth-order valence-electron chi connectivity index (χ4n) is 6.69. The van der Waals surface area contributed by atoms with Crippen molar-refractivity contribution in [3.63, 3.8) is 0 Å². The first-order valence-electron chi connectivity index (χ1n) is 18.3. The van der Waals surface area contributed by atoms with Crippen LogP contribution in [0.4, 0.5) is 16.2 Å². The van der Waals surface area contributed by atoms with Gasteiger partial charge in [-0.2, -0.15) is 4.98 Å². The Kier molecular flexibility index (Phi) is 14.4. The number of hydrogen-bond acceptors (Lipinski definition) is 17. The normalized spacial score (nSPS) is 25.0. The number of hydrogen-bond donors (Lipinski definition) is 6. The summed E-state index contributed by atoms with van der Waals surface area (Å²) >= 11 is 8.65. The molecule has 2 unspecified atom stereocenters. The van der Waals surface area contributed by atoms with E-state index >= 15 is 4.39 Å². The Hall–Kier alpha value is -3.15. The van der Waals surface area contributed by atoms with Crippen LogP contribution in [0.3, 0.4) is 0 Å². The number of H-pyrrole nitrogens is 1. The van der Waals surface area contributed by atoms with Gasteiger partial charge in [-0.05, 0) is 18.2 Å². The van der Waals surface area contributed by atoms with E-state index in [1.165, 1.54) is 34.6 Å². The molecule has 0 radical (unpaired) electrons. The number of alkyl halides is 1. The van der Waals surface area contributed by atoms with Crippen LogP contribution in [0.1, 0.15) is 83.6 Å². The predicted molar refractivity (Wildman–Crippen MR) is 209 cm³/mol. The van der Waals surface area contributed by atoms with Gasteiger partial charge in [0.2, 0.25) is 5.95 Å². The number of nitrogens with one attached hydrogen (secondary N) is 1. The minimum atomic E-state index is -4.53. The van der Waals surface area contributed by atoms with Crippen LogP contribution < -0.4 is 17.0 Å². The van der Waals surface area contributed by atoms with Gasteiger partial charge < -0.3 is 40.0 Å². The van der Waals surface area contributed by atoms with Crippen LogP contribution in [0.5, 0.6) is 0 Å². The third-order valence-electron chi connectivity index (χ3n) is 9.45. The number of nitrogens with zero attached hydrogens (tertiary/aromatic N) is 7. The number of rotatable bonds is 20. The summed E-state index contributed by atoms with van der Waals surface area (Å²) in [7, 11) is 0. The Bertz CT molecular complexity index is 2180. The van der Waals surface area contributed by atoms with Crippen molar-refractivity contribution in [3.8, 4) is 0 Å². The highest BCUT2D eigenvalue weighted by Crippen LogP contribution is 2.57. The van der Waals surface area contributed by atoms with E-state index in [9.17, 15) is 23.9 Å². The number of carbonyl (C=O) groups excluding carboxylic acids is 1. The first kappa shape index (κ1) is 43.4. The SMILES string of the molecule is CCCCCCCCCCC(=O)O[C@H]1C[C@H](n2cnc3c(=O)[nH]c(N)nc32)O[C@@H]1COP(=O)(S)O[C@@H]1C(COP(O)(O)=S)O[C@@H](n2cnc3c(N)ncnc32)[C@@H]1F. The Balaban J connectivity index is 1.15. The summed E-state index contributed by atoms with van der Waals surface area (Å²) in [6.45, 7) is -7.83. The molecule has 2 fully saturated rings. The number of unbranched alkanes of at least 4 members (excludes halogenated alkanes) is 7. The van der Waals surface area contributed by atoms with Crippen molar-refractivity contribution < 1.29 is 51.3 Å². The largest absolute Gasteiger partial charge is 0.459 e. The lowest BCUT2D eigenvalue weighted by Gasteiger charge is -2.25. The lowest BCUT2D eigenvalue weighted by Crippen LogP contribution is -2.34. The van der Waals surface area contributed by atoms with Crippen LogP contribution >= 0.6 is 25.8 Å². The van der Waals surface area contributed by atoms with Gasteiger partial charge in [-0.3, -0.25) is 32.8 Å². The van der Waals surface area contributed by atoms with E-state index in [0.29, 0.717) is 6.42 Å². The van der Waals surface area contributed by atoms with Crippen molar-refractivity contribution in [2.75, 3.05) is 24.7 Å². The van der Waals surface area contributed by atoms with Crippen LogP contribution in [-0.2, 0) is 48.9 Å². The molecule has 314 valence electrons. The third-order valence-corrected chi connectivity index (χ3v) is 11.9. The maximum atomic E-state index is 16.3. The molecule has 0 aliphatic carbocycles. The molecule has 26 heteroatoms. The zero-order chi connectivity index (χ0) is 40.9. The number of ether oxygens (including phenoxy) is 3. The number of aromatic amines is 1. The summed E-state index contributed by atoms with van der Waals surface area (Å²) in [5.41, 5.74) is 11.5. The van der Waals surface area contributed by atoms with Crippen LogP contribution in [0, 0.1) is 0 Å². The maximum Gasteiger partial charge on any atom is 0.386 e. The second-order valence-corrected chi connectivity index (χ2v) is 19.1. The second-order valence-electron chi connectivity index (χ2n) is 13.6. The minimum Gasteiger partial charge on any atom is -0.459 e. The van der Waals surface area contributed by atoms with E-state index in [0.717, 1.165) is 38.4 Å². The molecule has 2 aliphatic heterocycles. The van der Waals surface area contributed by atoms with E-state index < -0.39 is 81.3 Å². The number of carbonyl (C=O) groups is 1. The van der Waals surface area contributed by atoms with Gasteiger partial charge in [-0.1, -0.05) is 64.1 Å². The monoisotopic (exact) mass is 878 g/mol. The summed E-state index contributed by atoms with van der Waals surface area (Å²) < 4.78 is 66.8. The molecule has 0 spiro atoms. The van der Waals surface area contributed by atoms with Gasteiger partial charge in [0.25, 0.3) is 5.56 Å². The van der Waals surface area contributed by atoms with E-state index in [2.05, 4.69) is 60.9 Å². The number of thiol groups is 1. The molecule has 4 aromatic heterocycles. The molecule has 8 atom stereocenters. The Labute approximate surface area is 335 Å². The summed E-state index contributed by atoms with van der Waals surface area (Å²) in [5.74, 6) is -0.610. The Morgan fingerprint density at radius 1 is 1.00 bits per heavy atom. The molecule has 0 bridgehead atoms. The number of nitrogens with two attached hydrogens (primary N) is 2. The topological polar surface area (TPSA) is 289 Å². The molecule has 0 aromatic carbocycles. The van der Waals surface area contributed by atoms with Gasteiger partial charge in [0, 0.05) is 12.8 Å². The van der Waals surface area contributed by atoms with E-state index in [-0.39, 0.29) is 46.9 Å². The lowest BCUT2D eigenvalue weighted by molar-refractivity contribution is -0.153. The third kappa shape index (κ3) is 10.9. The van der Waals surface area contributed by atoms with E-state index in [1.807, 2.05) is 0 Å². The number of halogens is 1. The molecule has 0 amide bonds. The Morgan fingerprint density at radius 2 is 1.68 bits per heavy atom. The number of imidazole rings is 2. The molecule has 0 saturated carbocycles. The average Bonchev–Trinajstić information content (AvgIpc) is 3.93. The molecular weight excluding hydrogens is 833 g/mol. The van der Waals surface area contributed by atoms with Gasteiger partial charge in [-0.15, -0.1) is 0 Å². The van der Waals surface area contributed by atoms with E-state index in [4.69, 9.17) is 39.2 Å². The lowest BCUT2D eigenvalue weighted by atomic mass is 10.1. The molecule has 2 saturated heterocycles. The number of nitrogen functional groups attached to an aromatic ring is 2. The Morgan fingerprint density at radius 3 is 2.42 bits per heavy atom. The second kappa shape index (κ2) is 18.8. The van der Waals surface area contributed by atoms with Crippen LogP contribution in [0.25, 0.3) is 22.3 Å². The number of aromatic nitrogens is 8. The molecule has 6 heterocycles. The number of esters is 1. The molecule has 21 nitrogen and oxygen atoms in total. The molecule has 7 N–H and O–H groups in total.